The maximum Gasteiger partial charge on any atom is 0.336 e. The van der Waals surface area contributed by atoms with Crippen molar-refractivity contribution < 1.29 is 19.0 Å². The van der Waals surface area contributed by atoms with Crippen LogP contribution < -0.4 is 4.74 Å². The minimum Gasteiger partial charge on any atom is -0.494 e. The summed E-state index contributed by atoms with van der Waals surface area (Å²) in [6.07, 6.45) is 1.25. The highest BCUT2D eigenvalue weighted by Crippen LogP contribution is 2.28. The van der Waals surface area contributed by atoms with Gasteiger partial charge in [0.2, 0.25) is 0 Å². The van der Waals surface area contributed by atoms with Gasteiger partial charge in [0.15, 0.2) is 0 Å². The number of aliphatic carboxylic acids is 1. The monoisotopic (exact) mass is 334 g/mol. The van der Waals surface area contributed by atoms with E-state index in [2.05, 4.69) is 0 Å². The summed E-state index contributed by atoms with van der Waals surface area (Å²) in [4.78, 5) is 11.6. The summed E-state index contributed by atoms with van der Waals surface area (Å²) in [6.45, 7) is 4.22. The lowest BCUT2D eigenvalue weighted by Gasteiger charge is -2.10. The molecule has 1 N–H and O–H groups in total. The van der Waals surface area contributed by atoms with Gasteiger partial charge in [0.1, 0.15) is 11.6 Å². The summed E-state index contributed by atoms with van der Waals surface area (Å²) in [5.74, 6) is -1.04. The lowest BCUT2D eigenvalue weighted by molar-refractivity contribution is -0.130. The zero-order valence-corrected chi connectivity index (χ0v) is 13.5. The first-order chi connectivity index (χ1) is 10.9. The summed E-state index contributed by atoms with van der Waals surface area (Å²) in [5, 5.41) is 9.63. The zero-order chi connectivity index (χ0) is 17.0. The first-order valence-electron chi connectivity index (χ1n) is 7.07. The van der Waals surface area contributed by atoms with Crippen LogP contribution >= 0.6 is 11.6 Å². The third kappa shape index (κ3) is 3.90. The topological polar surface area (TPSA) is 46.5 Å². The van der Waals surface area contributed by atoms with Crippen molar-refractivity contribution in [1.82, 2.24) is 0 Å². The number of carboxylic acid groups (broad SMARTS) is 1. The van der Waals surface area contributed by atoms with Gasteiger partial charge in [-0.05, 0) is 55.3 Å². The number of carbonyl (C=O) groups is 1. The molecule has 0 spiro atoms. The Kier molecular flexibility index (Phi) is 5.40. The molecule has 0 saturated heterocycles. The molecule has 0 bridgehead atoms. The molecular formula is C18H16ClFO3. The number of aryl methyl sites for hydroxylation is 1. The Balaban J connectivity index is 2.53. The molecule has 0 aliphatic rings. The molecule has 0 aromatic heterocycles. The normalized spacial score (nSPS) is 11.4. The highest BCUT2D eigenvalue weighted by atomic mass is 35.5. The second kappa shape index (κ2) is 7.29. The van der Waals surface area contributed by atoms with Gasteiger partial charge in [-0.2, -0.15) is 0 Å². The molecule has 2 aromatic carbocycles. The van der Waals surface area contributed by atoms with Gasteiger partial charge < -0.3 is 9.84 Å². The van der Waals surface area contributed by atoms with Crippen molar-refractivity contribution in [3.63, 3.8) is 0 Å². The quantitative estimate of drug-likeness (QED) is 0.630. The molecule has 0 unspecified atom stereocenters. The largest absolute Gasteiger partial charge is 0.494 e. The number of halogens is 2. The van der Waals surface area contributed by atoms with Gasteiger partial charge in [0, 0.05) is 5.56 Å². The van der Waals surface area contributed by atoms with Crippen molar-refractivity contribution >= 4 is 29.2 Å². The van der Waals surface area contributed by atoms with Crippen molar-refractivity contribution in [2.75, 3.05) is 6.61 Å². The van der Waals surface area contributed by atoms with Crippen LogP contribution in [0.3, 0.4) is 0 Å². The average Bonchev–Trinajstić information content (AvgIpc) is 2.49. The number of ether oxygens (including phenoxy) is 1. The van der Waals surface area contributed by atoms with Crippen molar-refractivity contribution in [2.24, 2.45) is 0 Å². The van der Waals surface area contributed by atoms with Gasteiger partial charge in [-0.25, -0.2) is 9.18 Å². The molecule has 5 heteroatoms. The van der Waals surface area contributed by atoms with E-state index in [1.807, 2.05) is 13.8 Å². The summed E-state index contributed by atoms with van der Waals surface area (Å²) in [7, 11) is 0. The fourth-order valence-corrected chi connectivity index (χ4v) is 2.41. The van der Waals surface area contributed by atoms with Crippen LogP contribution in [0, 0.1) is 12.7 Å². The van der Waals surface area contributed by atoms with E-state index in [0.29, 0.717) is 17.9 Å². The Labute approximate surface area is 139 Å². The molecule has 0 heterocycles. The minimum atomic E-state index is -1.16. The molecule has 0 saturated carbocycles. The van der Waals surface area contributed by atoms with Crippen LogP contribution in [0.1, 0.15) is 23.6 Å². The summed E-state index contributed by atoms with van der Waals surface area (Å²) in [5.41, 5.74) is 1.27. The molecule has 2 rings (SSSR count). The molecule has 0 atom stereocenters. The van der Waals surface area contributed by atoms with Gasteiger partial charge >= 0.3 is 5.97 Å². The number of hydrogen-bond acceptors (Lipinski definition) is 2. The Hall–Kier alpha value is -2.33. The van der Waals surface area contributed by atoms with E-state index < -0.39 is 11.8 Å². The van der Waals surface area contributed by atoms with E-state index in [4.69, 9.17) is 16.3 Å². The van der Waals surface area contributed by atoms with Crippen LogP contribution in [0.4, 0.5) is 4.39 Å². The highest BCUT2D eigenvalue weighted by molar-refractivity contribution is 6.33. The van der Waals surface area contributed by atoms with E-state index >= 15 is 0 Å². The number of hydrogen-bond donors (Lipinski definition) is 1. The fraction of sp³-hybridized carbons (Fsp3) is 0.167. The van der Waals surface area contributed by atoms with Crippen molar-refractivity contribution in [3.05, 3.63) is 63.9 Å². The molecule has 120 valence electrons. The third-order valence-electron chi connectivity index (χ3n) is 3.30. The van der Waals surface area contributed by atoms with Crippen LogP contribution in [0.25, 0.3) is 11.6 Å². The molecule has 0 aliphatic carbocycles. The Bertz CT molecular complexity index is 749. The van der Waals surface area contributed by atoms with E-state index in [1.165, 1.54) is 24.3 Å². The third-order valence-corrected chi connectivity index (χ3v) is 3.63. The van der Waals surface area contributed by atoms with Gasteiger partial charge in [-0.3, -0.25) is 0 Å². The predicted octanol–water partition coefficient (Wildman–Crippen LogP) is 4.81. The molecule has 2 aromatic rings. The molecule has 0 fully saturated rings. The van der Waals surface area contributed by atoms with Crippen molar-refractivity contribution in [2.45, 2.75) is 13.8 Å². The van der Waals surface area contributed by atoms with Crippen molar-refractivity contribution in [3.8, 4) is 5.75 Å². The lowest BCUT2D eigenvalue weighted by Crippen LogP contribution is -2.02. The maximum atomic E-state index is 13.9. The molecule has 3 nitrogen and oxygen atoms in total. The van der Waals surface area contributed by atoms with Crippen LogP contribution in [0.15, 0.2) is 36.4 Å². The molecule has 0 radical (unpaired) electrons. The molecule has 0 amide bonds. The summed E-state index contributed by atoms with van der Waals surface area (Å²) < 4.78 is 19.3. The van der Waals surface area contributed by atoms with Crippen LogP contribution in [-0.2, 0) is 4.79 Å². The van der Waals surface area contributed by atoms with Crippen LogP contribution in [0.5, 0.6) is 5.75 Å². The minimum absolute atomic E-state index is 0.0388. The first kappa shape index (κ1) is 17.0. The smallest absolute Gasteiger partial charge is 0.336 e. The van der Waals surface area contributed by atoms with Gasteiger partial charge in [-0.1, -0.05) is 23.7 Å². The van der Waals surface area contributed by atoms with E-state index in [0.717, 1.165) is 5.56 Å². The van der Waals surface area contributed by atoms with Gasteiger partial charge in [0.25, 0.3) is 0 Å². The van der Waals surface area contributed by atoms with E-state index in [9.17, 15) is 14.3 Å². The number of rotatable bonds is 5. The number of carboxylic acids is 1. The van der Waals surface area contributed by atoms with Crippen LogP contribution in [-0.4, -0.2) is 17.7 Å². The van der Waals surface area contributed by atoms with E-state index in [1.54, 1.807) is 18.2 Å². The Morgan fingerprint density at radius 1 is 1.35 bits per heavy atom. The first-order valence-corrected chi connectivity index (χ1v) is 7.44. The summed E-state index contributed by atoms with van der Waals surface area (Å²) in [6, 6.07) is 9.25. The average molecular weight is 335 g/mol. The predicted molar refractivity (Wildman–Crippen MR) is 89.3 cm³/mol. The van der Waals surface area contributed by atoms with Gasteiger partial charge in [-0.15, -0.1) is 0 Å². The maximum absolute atomic E-state index is 13.9. The second-order valence-corrected chi connectivity index (χ2v) is 5.32. The van der Waals surface area contributed by atoms with E-state index in [-0.39, 0.29) is 16.2 Å². The SMILES string of the molecule is CCOc1ccc(/C(=C/c2c(F)cccc2Cl)C(=O)O)cc1C. The zero-order valence-electron chi connectivity index (χ0n) is 12.8. The van der Waals surface area contributed by atoms with Crippen LogP contribution in [0.2, 0.25) is 5.02 Å². The fourth-order valence-electron chi connectivity index (χ4n) is 2.20. The molecule has 23 heavy (non-hydrogen) atoms. The second-order valence-electron chi connectivity index (χ2n) is 4.91. The highest BCUT2D eigenvalue weighted by Gasteiger charge is 2.15. The lowest BCUT2D eigenvalue weighted by atomic mass is 10.0. The number of benzene rings is 2. The standard InChI is InChI=1S/C18H16ClFO3/c1-3-23-17-8-7-12(9-11(17)2)13(18(21)22)10-14-15(19)5-4-6-16(14)20/h4-10H,3H2,1-2H3,(H,21,22)/b13-10-. The Morgan fingerprint density at radius 3 is 2.65 bits per heavy atom. The Morgan fingerprint density at radius 2 is 2.09 bits per heavy atom. The molecular weight excluding hydrogens is 319 g/mol. The van der Waals surface area contributed by atoms with Gasteiger partial charge in [0.05, 0.1) is 17.2 Å². The molecule has 0 aliphatic heterocycles. The van der Waals surface area contributed by atoms with Crippen molar-refractivity contribution in [1.29, 1.82) is 0 Å². The summed E-state index contributed by atoms with van der Waals surface area (Å²) >= 11 is 5.97.